The number of piperidine rings is 1. The number of benzene rings is 2. The number of para-hydroxylation sites is 1. The molecular weight excluding hydrogens is 338 g/mol. The van der Waals surface area contributed by atoms with Crippen molar-refractivity contribution in [1.82, 2.24) is 4.90 Å². The van der Waals surface area contributed by atoms with Crippen molar-refractivity contribution >= 4 is 23.3 Å². The van der Waals surface area contributed by atoms with Crippen molar-refractivity contribution in [3.63, 3.8) is 0 Å². The summed E-state index contributed by atoms with van der Waals surface area (Å²) in [4.78, 5) is 26.6. The van der Waals surface area contributed by atoms with Gasteiger partial charge in [-0.3, -0.25) is 9.59 Å². The molecule has 4 nitrogen and oxygen atoms in total. The van der Waals surface area contributed by atoms with E-state index < -0.39 is 0 Å². The molecule has 0 bridgehead atoms. The van der Waals surface area contributed by atoms with E-state index in [1.807, 2.05) is 30.3 Å². The molecule has 0 unspecified atom stereocenters. The fourth-order valence-corrected chi connectivity index (χ4v) is 3.12. The van der Waals surface area contributed by atoms with Crippen LogP contribution in [0.3, 0.4) is 0 Å². The molecular formula is C20H20ClNO3. The van der Waals surface area contributed by atoms with Gasteiger partial charge in [0.05, 0.1) is 0 Å². The summed E-state index contributed by atoms with van der Waals surface area (Å²) < 4.78 is 5.51. The maximum absolute atomic E-state index is 12.5. The molecule has 2 aromatic rings. The van der Waals surface area contributed by atoms with Crippen molar-refractivity contribution in [2.45, 2.75) is 12.8 Å². The van der Waals surface area contributed by atoms with Crippen LogP contribution in [0.5, 0.6) is 5.75 Å². The van der Waals surface area contributed by atoms with Gasteiger partial charge >= 0.3 is 0 Å². The van der Waals surface area contributed by atoms with Gasteiger partial charge in [-0.15, -0.1) is 0 Å². The second kappa shape index (κ2) is 8.17. The van der Waals surface area contributed by atoms with Gasteiger partial charge in [0.1, 0.15) is 5.75 Å². The Morgan fingerprint density at radius 1 is 1.00 bits per heavy atom. The third-order valence-corrected chi connectivity index (χ3v) is 4.70. The number of carbonyl (C=O) groups is 2. The summed E-state index contributed by atoms with van der Waals surface area (Å²) in [5, 5.41) is 0.621. The number of likely N-dealkylation sites (tertiary alicyclic amines) is 1. The first-order valence-corrected chi connectivity index (χ1v) is 8.76. The van der Waals surface area contributed by atoms with Crippen LogP contribution in [0.4, 0.5) is 0 Å². The lowest BCUT2D eigenvalue weighted by Gasteiger charge is -2.31. The van der Waals surface area contributed by atoms with E-state index in [0.29, 0.717) is 42.3 Å². The average molecular weight is 358 g/mol. The molecule has 0 radical (unpaired) electrons. The van der Waals surface area contributed by atoms with Gasteiger partial charge in [0, 0.05) is 29.6 Å². The number of hydrogen-bond donors (Lipinski definition) is 0. The van der Waals surface area contributed by atoms with Crippen LogP contribution in [0.25, 0.3) is 0 Å². The second-order valence-electron chi connectivity index (χ2n) is 6.13. The predicted molar refractivity (Wildman–Crippen MR) is 97.0 cm³/mol. The largest absolute Gasteiger partial charge is 0.484 e. The van der Waals surface area contributed by atoms with Crippen LogP contribution in [0, 0.1) is 5.92 Å². The van der Waals surface area contributed by atoms with Gasteiger partial charge < -0.3 is 9.64 Å². The summed E-state index contributed by atoms with van der Waals surface area (Å²) in [6.07, 6.45) is 1.36. The van der Waals surface area contributed by atoms with Gasteiger partial charge in [-0.2, -0.15) is 0 Å². The van der Waals surface area contributed by atoms with E-state index >= 15 is 0 Å². The number of carbonyl (C=O) groups excluding carboxylic acids is 2. The zero-order valence-corrected chi connectivity index (χ0v) is 14.6. The smallest absolute Gasteiger partial charge is 0.260 e. The third-order valence-electron chi connectivity index (χ3n) is 4.45. The molecule has 0 atom stereocenters. The quantitative estimate of drug-likeness (QED) is 0.764. The first-order valence-electron chi connectivity index (χ1n) is 8.39. The average Bonchev–Trinajstić information content (AvgIpc) is 2.67. The molecule has 0 spiro atoms. The highest BCUT2D eigenvalue weighted by Crippen LogP contribution is 2.23. The van der Waals surface area contributed by atoms with E-state index in [2.05, 4.69) is 0 Å². The van der Waals surface area contributed by atoms with Gasteiger partial charge in [0.25, 0.3) is 5.91 Å². The van der Waals surface area contributed by atoms with Crippen molar-refractivity contribution in [1.29, 1.82) is 0 Å². The fourth-order valence-electron chi connectivity index (χ4n) is 2.99. The molecule has 1 fully saturated rings. The van der Waals surface area contributed by atoms with E-state index in [4.69, 9.17) is 16.3 Å². The number of ether oxygens (including phenoxy) is 1. The van der Waals surface area contributed by atoms with Gasteiger partial charge in [0.2, 0.25) is 0 Å². The standard InChI is InChI=1S/C20H20ClNO3/c21-17-8-6-15(7-9-17)20(24)16-10-12-22(13-11-16)19(23)14-25-18-4-2-1-3-5-18/h1-9,16H,10-14H2. The van der Waals surface area contributed by atoms with Crippen LogP contribution >= 0.6 is 11.6 Å². The van der Waals surface area contributed by atoms with Crippen LogP contribution < -0.4 is 4.74 Å². The van der Waals surface area contributed by atoms with E-state index in [0.717, 1.165) is 0 Å². The third kappa shape index (κ3) is 4.60. The number of hydrogen-bond acceptors (Lipinski definition) is 3. The molecule has 1 amide bonds. The maximum atomic E-state index is 12.5. The van der Waals surface area contributed by atoms with Crippen molar-refractivity contribution in [2.24, 2.45) is 5.92 Å². The maximum Gasteiger partial charge on any atom is 0.260 e. The van der Waals surface area contributed by atoms with Crippen molar-refractivity contribution < 1.29 is 14.3 Å². The Labute approximate surface area is 152 Å². The number of amides is 1. The monoisotopic (exact) mass is 357 g/mol. The molecule has 1 aliphatic heterocycles. The summed E-state index contributed by atoms with van der Waals surface area (Å²) in [5.41, 5.74) is 0.682. The summed E-state index contributed by atoms with van der Waals surface area (Å²) in [6, 6.07) is 16.3. The molecule has 25 heavy (non-hydrogen) atoms. The van der Waals surface area contributed by atoms with E-state index in [9.17, 15) is 9.59 Å². The van der Waals surface area contributed by atoms with Gasteiger partial charge in [0.15, 0.2) is 12.4 Å². The summed E-state index contributed by atoms with van der Waals surface area (Å²) >= 11 is 5.86. The molecule has 1 saturated heterocycles. The molecule has 2 aromatic carbocycles. The Hall–Kier alpha value is -2.33. The minimum Gasteiger partial charge on any atom is -0.484 e. The van der Waals surface area contributed by atoms with Crippen molar-refractivity contribution in [2.75, 3.05) is 19.7 Å². The molecule has 5 heteroatoms. The molecule has 0 N–H and O–H groups in total. The number of nitrogens with zero attached hydrogens (tertiary/aromatic N) is 1. The molecule has 1 heterocycles. The Morgan fingerprint density at radius 2 is 1.64 bits per heavy atom. The Balaban J connectivity index is 1.48. The second-order valence-corrected chi connectivity index (χ2v) is 6.56. The normalized spacial score (nSPS) is 15.0. The molecule has 0 aromatic heterocycles. The van der Waals surface area contributed by atoms with Crippen molar-refractivity contribution in [3.8, 4) is 5.75 Å². The van der Waals surface area contributed by atoms with Gasteiger partial charge in [-0.05, 0) is 49.2 Å². The zero-order valence-electron chi connectivity index (χ0n) is 13.9. The summed E-state index contributed by atoms with van der Waals surface area (Å²) in [6.45, 7) is 1.20. The fraction of sp³-hybridized carbons (Fsp3) is 0.300. The van der Waals surface area contributed by atoms with Crippen LogP contribution in [-0.4, -0.2) is 36.3 Å². The van der Waals surface area contributed by atoms with E-state index in [1.54, 1.807) is 29.2 Å². The van der Waals surface area contributed by atoms with Gasteiger partial charge in [-0.1, -0.05) is 29.8 Å². The van der Waals surface area contributed by atoms with Gasteiger partial charge in [-0.25, -0.2) is 0 Å². The minimum atomic E-state index is -0.0414. The van der Waals surface area contributed by atoms with Crippen LogP contribution in [0.1, 0.15) is 23.2 Å². The number of ketones is 1. The Kier molecular flexibility index (Phi) is 5.71. The Bertz CT molecular complexity index is 722. The first-order chi connectivity index (χ1) is 12.1. The highest BCUT2D eigenvalue weighted by molar-refractivity contribution is 6.30. The molecule has 3 rings (SSSR count). The number of Topliss-reactive ketones (excluding diaryl/α,β-unsaturated/α-hetero) is 1. The first kappa shape index (κ1) is 17.5. The lowest BCUT2D eigenvalue weighted by Crippen LogP contribution is -2.42. The minimum absolute atomic E-state index is 0.0276. The zero-order chi connectivity index (χ0) is 17.6. The van der Waals surface area contributed by atoms with E-state index in [1.165, 1.54) is 0 Å². The summed E-state index contributed by atoms with van der Waals surface area (Å²) in [7, 11) is 0. The molecule has 0 aliphatic carbocycles. The highest BCUT2D eigenvalue weighted by Gasteiger charge is 2.28. The lowest BCUT2D eigenvalue weighted by molar-refractivity contribution is -0.134. The number of halogens is 1. The highest BCUT2D eigenvalue weighted by atomic mass is 35.5. The van der Waals surface area contributed by atoms with Crippen molar-refractivity contribution in [3.05, 3.63) is 65.2 Å². The Morgan fingerprint density at radius 3 is 2.28 bits per heavy atom. The molecule has 0 saturated carbocycles. The molecule has 130 valence electrons. The number of rotatable bonds is 5. The predicted octanol–water partition coefficient (Wildman–Crippen LogP) is 3.84. The SMILES string of the molecule is O=C(c1ccc(Cl)cc1)C1CCN(C(=O)COc2ccccc2)CC1. The van der Waals surface area contributed by atoms with Crippen LogP contribution in [-0.2, 0) is 4.79 Å². The van der Waals surface area contributed by atoms with E-state index in [-0.39, 0.29) is 24.2 Å². The topological polar surface area (TPSA) is 46.6 Å². The van der Waals surface area contributed by atoms with Crippen LogP contribution in [0.15, 0.2) is 54.6 Å². The van der Waals surface area contributed by atoms with Crippen LogP contribution in [0.2, 0.25) is 5.02 Å². The lowest BCUT2D eigenvalue weighted by atomic mass is 9.89. The summed E-state index contributed by atoms with van der Waals surface area (Å²) in [5.74, 6) is 0.731. The molecule has 1 aliphatic rings.